The summed E-state index contributed by atoms with van der Waals surface area (Å²) in [6, 6.07) is 25.0. The Balaban J connectivity index is 1.66. The van der Waals surface area contributed by atoms with Crippen molar-refractivity contribution < 1.29 is 4.79 Å². The number of fused-ring (bicyclic) bond motifs is 1. The lowest BCUT2D eigenvalue weighted by Crippen LogP contribution is -2.32. The van der Waals surface area contributed by atoms with Gasteiger partial charge in [-0.2, -0.15) is 0 Å². The fraction of sp³-hybridized carbons (Fsp3) is 0.192. The van der Waals surface area contributed by atoms with E-state index in [1.807, 2.05) is 91.5 Å². The highest BCUT2D eigenvalue weighted by Crippen LogP contribution is 2.23. The van der Waals surface area contributed by atoms with Gasteiger partial charge >= 0.3 is 0 Å². The standard InChI is InChI=1S/C26H25N3O2S/c1-3-28(17-20-12-5-4-6-13-20)24(30)18-32-26-27-22-15-9-8-14-21(22)25(31)29(26)23-16-10-7-11-19(23)2/h4-16H,3,17-18H2,1-2H3. The molecular formula is C26H25N3O2S. The minimum atomic E-state index is -0.128. The Morgan fingerprint density at radius 1 is 0.969 bits per heavy atom. The zero-order valence-electron chi connectivity index (χ0n) is 18.2. The van der Waals surface area contributed by atoms with Gasteiger partial charge in [0.1, 0.15) is 0 Å². The van der Waals surface area contributed by atoms with Crippen molar-refractivity contribution in [3.8, 4) is 5.69 Å². The van der Waals surface area contributed by atoms with E-state index in [1.54, 1.807) is 10.6 Å². The lowest BCUT2D eigenvalue weighted by molar-refractivity contribution is -0.128. The summed E-state index contributed by atoms with van der Waals surface area (Å²) >= 11 is 1.30. The lowest BCUT2D eigenvalue weighted by atomic mass is 10.2. The van der Waals surface area contributed by atoms with Gasteiger partial charge in [0.05, 0.1) is 22.3 Å². The number of benzene rings is 3. The number of carbonyl (C=O) groups is 1. The van der Waals surface area contributed by atoms with E-state index in [0.717, 1.165) is 16.8 Å². The highest BCUT2D eigenvalue weighted by atomic mass is 32.2. The molecule has 0 saturated heterocycles. The molecule has 0 aliphatic heterocycles. The predicted molar refractivity (Wildman–Crippen MR) is 130 cm³/mol. The van der Waals surface area contributed by atoms with E-state index in [0.29, 0.717) is 29.1 Å². The Morgan fingerprint density at radius 3 is 2.41 bits per heavy atom. The molecule has 0 bridgehead atoms. The van der Waals surface area contributed by atoms with Gasteiger partial charge in [0, 0.05) is 13.1 Å². The molecule has 0 radical (unpaired) electrons. The second-order valence-electron chi connectivity index (χ2n) is 7.52. The summed E-state index contributed by atoms with van der Waals surface area (Å²) in [6.07, 6.45) is 0. The molecule has 32 heavy (non-hydrogen) atoms. The average molecular weight is 444 g/mol. The van der Waals surface area contributed by atoms with Crippen LogP contribution in [-0.2, 0) is 11.3 Å². The van der Waals surface area contributed by atoms with Crippen molar-refractivity contribution in [1.29, 1.82) is 0 Å². The normalized spacial score (nSPS) is 10.9. The second kappa shape index (κ2) is 9.83. The van der Waals surface area contributed by atoms with Gasteiger partial charge in [-0.25, -0.2) is 4.98 Å². The number of aromatic nitrogens is 2. The van der Waals surface area contributed by atoms with Crippen LogP contribution in [0.2, 0.25) is 0 Å². The fourth-order valence-electron chi connectivity index (χ4n) is 3.63. The third-order valence-corrected chi connectivity index (χ3v) is 6.30. The summed E-state index contributed by atoms with van der Waals surface area (Å²) in [4.78, 5) is 33.0. The van der Waals surface area contributed by atoms with E-state index in [1.165, 1.54) is 11.8 Å². The van der Waals surface area contributed by atoms with E-state index in [4.69, 9.17) is 4.98 Å². The molecule has 162 valence electrons. The molecule has 0 aliphatic rings. The van der Waals surface area contributed by atoms with Crippen LogP contribution in [0.25, 0.3) is 16.6 Å². The van der Waals surface area contributed by atoms with Crippen molar-refractivity contribution in [2.75, 3.05) is 12.3 Å². The first-order valence-corrected chi connectivity index (χ1v) is 11.6. The molecule has 0 aliphatic carbocycles. The van der Waals surface area contributed by atoms with Crippen LogP contribution >= 0.6 is 11.8 Å². The minimum Gasteiger partial charge on any atom is -0.338 e. The van der Waals surface area contributed by atoms with Crippen LogP contribution in [-0.4, -0.2) is 32.7 Å². The Bertz CT molecular complexity index is 1300. The van der Waals surface area contributed by atoms with Gasteiger partial charge in [-0.05, 0) is 43.2 Å². The van der Waals surface area contributed by atoms with E-state index >= 15 is 0 Å². The molecular weight excluding hydrogens is 418 g/mol. The molecule has 1 heterocycles. The van der Waals surface area contributed by atoms with Crippen molar-refractivity contribution in [2.45, 2.75) is 25.5 Å². The quantitative estimate of drug-likeness (QED) is 0.303. The van der Waals surface area contributed by atoms with E-state index in [-0.39, 0.29) is 17.2 Å². The maximum absolute atomic E-state index is 13.4. The van der Waals surface area contributed by atoms with Gasteiger partial charge in [-0.3, -0.25) is 14.2 Å². The Labute approximate surface area is 191 Å². The molecule has 0 fully saturated rings. The largest absolute Gasteiger partial charge is 0.338 e. The average Bonchev–Trinajstić information content (AvgIpc) is 2.82. The Hall–Kier alpha value is -3.38. The fourth-order valence-corrected chi connectivity index (χ4v) is 4.54. The molecule has 0 unspecified atom stereocenters. The second-order valence-corrected chi connectivity index (χ2v) is 8.46. The summed E-state index contributed by atoms with van der Waals surface area (Å²) in [7, 11) is 0. The molecule has 0 spiro atoms. The van der Waals surface area contributed by atoms with Crippen molar-refractivity contribution >= 4 is 28.6 Å². The monoisotopic (exact) mass is 443 g/mol. The predicted octanol–water partition coefficient (Wildman–Crippen LogP) is 4.83. The van der Waals surface area contributed by atoms with Gasteiger partial charge in [-0.1, -0.05) is 72.4 Å². The SMILES string of the molecule is CCN(Cc1ccccc1)C(=O)CSc1nc2ccccc2c(=O)n1-c1ccccc1C. The molecule has 0 atom stereocenters. The van der Waals surface area contributed by atoms with Gasteiger partial charge in [0.15, 0.2) is 5.16 Å². The maximum Gasteiger partial charge on any atom is 0.266 e. The molecule has 4 rings (SSSR count). The molecule has 6 heteroatoms. The van der Waals surface area contributed by atoms with Crippen molar-refractivity contribution in [3.05, 3.63) is 100 Å². The highest BCUT2D eigenvalue weighted by Gasteiger charge is 2.18. The van der Waals surface area contributed by atoms with Crippen molar-refractivity contribution in [3.63, 3.8) is 0 Å². The maximum atomic E-state index is 13.4. The van der Waals surface area contributed by atoms with Crippen LogP contribution in [0.15, 0.2) is 88.8 Å². The van der Waals surface area contributed by atoms with Gasteiger partial charge in [0.25, 0.3) is 5.56 Å². The zero-order chi connectivity index (χ0) is 22.5. The molecule has 4 aromatic rings. The van der Waals surface area contributed by atoms with Crippen LogP contribution in [0.3, 0.4) is 0 Å². The van der Waals surface area contributed by atoms with Crippen LogP contribution in [0.4, 0.5) is 0 Å². The number of aryl methyl sites for hydroxylation is 1. The first kappa shape index (κ1) is 21.8. The summed E-state index contributed by atoms with van der Waals surface area (Å²) < 4.78 is 1.63. The van der Waals surface area contributed by atoms with Crippen LogP contribution < -0.4 is 5.56 Å². The van der Waals surface area contributed by atoms with Crippen LogP contribution in [0, 0.1) is 6.92 Å². The van der Waals surface area contributed by atoms with Crippen molar-refractivity contribution in [2.24, 2.45) is 0 Å². The minimum absolute atomic E-state index is 0.0140. The number of hydrogen-bond acceptors (Lipinski definition) is 4. The van der Waals surface area contributed by atoms with Crippen molar-refractivity contribution in [1.82, 2.24) is 14.5 Å². The van der Waals surface area contributed by atoms with Gasteiger partial charge in [0.2, 0.25) is 5.91 Å². The smallest absolute Gasteiger partial charge is 0.266 e. The third-order valence-electron chi connectivity index (χ3n) is 5.38. The molecule has 3 aromatic carbocycles. The first-order valence-electron chi connectivity index (χ1n) is 10.6. The first-order chi connectivity index (χ1) is 15.6. The molecule has 1 amide bonds. The number of amides is 1. The molecule has 0 saturated carbocycles. The van der Waals surface area contributed by atoms with E-state index in [2.05, 4.69) is 0 Å². The number of hydrogen-bond donors (Lipinski definition) is 0. The summed E-state index contributed by atoms with van der Waals surface area (Å²) in [5.74, 6) is 0.220. The lowest BCUT2D eigenvalue weighted by Gasteiger charge is -2.21. The molecule has 5 nitrogen and oxygen atoms in total. The van der Waals surface area contributed by atoms with Crippen LogP contribution in [0.5, 0.6) is 0 Å². The van der Waals surface area contributed by atoms with E-state index in [9.17, 15) is 9.59 Å². The Morgan fingerprint density at radius 2 is 1.66 bits per heavy atom. The zero-order valence-corrected chi connectivity index (χ0v) is 19.0. The summed E-state index contributed by atoms with van der Waals surface area (Å²) in [5, 5.41) is 1.08. The van der Waals surface area contributed by atoms with Crippen LogP contribution in [0.1, 0.15) is 18.1 Å². The third kappa shape index (κ3) is 4.60. The number of rotatable bonds is 7. The summed E-state index contributed by atoms with van der Waals surface area (Å²) in [5.41, 5.74) is 3.35. The van der Waals surface area contributed by atoms with Gasteiger partial charge < -0.3 is 4.90 Å². The number of para-hydroxylation sites is 2. The molecule has 0 N–H and O–H groups in total. The highest BCUT2D eigenvalue weighted by molar-refractivity contribution is 7.99. The number of thioether (sulfide) groups is 1. The topological polar surface area (TPSA) is 55.2 Å². The van der Waals surface area contributed by atoms with E-state index < -0.39 is 0 Å². The Kier molecular flexibility index (Phi) is 6.71. The molecule has 1 aromatic heterocycles. The number of nitrogens with zero attached hydrogens (tertiary/aromatic N) is 3. The number of carbonyl (C=O) groups excluding carboxylic acids is 1. The summed E-state index contributed by atoms with van der Waals surface area (Å²) in [6.45, 7) is 5.12. The van der Waals surface area contributed by atoms with Gasteiger partial charge in [-0.15, -0.1) is 0 Å².